The van der Waals surface area contributed by atoms with E-state index in [0.717, 1.165) is 4.68 Å². The zero-order chi connectivity index (χ0) is 16.6. The van der Waals surface area contributed by atoms with Gasteiger partial charge in [0.05, 0.1) is 6.61 Å². The first-order valence-electron chi connectivity index (χ1n) is 6.76. The van der Waals surface area contributed by atoms with Gasteiger partial charge < -0.3 is 9.72 Å². The highest BCUT2D eigenvalue weighted by Gasteiger charge is 2.24. The Bertz CT molecular complexity index is 964. The highest BCUT2D eigenvalue weighted by atomic mass is 79.9. The van der Waals surface area contributed by atoms with E-state index in [1.807, 2.05) is 0 Å². The molecule has 0 radical (unpaired) electrons. The maximum atomic E-state index is 14.3. The van der Waals surface area contributed by atoms with Crippen molar-refractivity contribution in [1.82, 2.24) is 14.8 Å². The van der Waals surface area contributed by atoms with Gasteiger partial charge in [-0.1, -0.05) is 15.9 Å². The Morgan fingerprint density at radius 1 is 1.43 bits per heavy atom. The van der Waals surface area contributed by atoms with Gasteiger partial charge >= 0.3 is 5.97 Å². The highest BCUT2D eigenvalue weighted by molar-refractivity contribution is 9.10. The van der Waals surface area contributed by atoms with Crippen molar-refractivity contribution in [1.29, 1.82) is 0 Å². The van der Waals surface area contributed by atoms with E-state index < -0.39 is 11.8 Å². The van der Waals surface area contributed by atoms with E-state index in [-0.39, 0.29) is 34.5 Å². The van der Waals surface area contributed by atoms with Crippen molar-refractivity contribution in [2.45, 2.75) is 6.92 Å². The molecule has 0 spiro atoms. The molecule has 6 nitrogen and oxygen atoms in total. The normalized spacial score (nSPS) is 10.9. The molecular weight excluding hydrogens is 369 g/mol. The number of halogens is 2. The molecule has 0 saturated heterocycles. The van der Waals surface area contributed by atoms with Crippen LogP contribution in [0.4, 0.5) is 4.39 Å². The van der Waals surface area contributed by atoms with E-state index in [0.29, 0.717) is 4.47 Å². The quantitative estimate of drug-likeness (QED) is 0.709. The number of nitrogens with zero attached hydrogens (tertiary/aromatic N) is 2. The molecule has 3 rings (SSSR count). The minimum atomic E-state index is -0.695. The second-order valence-electron chi connectivity index (χ2n) is 4.64. The van der Waals surface area contributed by atoms with Crippen molar-refractivity contribution in [3.05, 3.63) is 56.7 Å². The fourth-order valence-corrected chi connectivity index (χ4v) is 2.56. The zero-order valence-electron chi connectivity index (χ0n) is 12.0. The molecule has 2 aromatic heterocycles. The van der Waals surface area contributed by atoms with Crippen LogP contribution < -0.4 is 5.43 Å². The summed E-state index contributed by atoms with van der Waals surface area (Å²) in [5.41, 5.74) is -0.113. The van der Waals surface area contributed by atoms with Gasteiger partial charge in [0.2, 0.25) is 5.43 Å². The van der Waals surface area contributed by atoms with Crippen LogP contribution in [0.25, 0.3) is 16.7 Å². The fraction of sp³-hybridized carbons (Fsp3) is 0.133. The summed E-state index contributed by atoms with van der Waals surface area (Å²) in [6.07, 6.45) is 1.40. The molecule has 0 amide bonds. The first-order chi connectivity index (χ1) is 11.0. The number of carbonyl (C=O) groups excluding carboxylic acids is 1. The van der Waals surface area contributed by atoms with Crippen molar-refractivity contribution in [3.63, 3.8) is 0 Å². The largest absolute Gasteiger partial charge is 0.461 e. The summed E-state index contributed by atoms with van der Waals surface area (Å²) in [5.74, 6) is -1.29. The number of esters is 1. The number of nitrogens with one attached hydrogen (secondary N) is 1. The fourth-order valence-electron chi connectivity index (χ4n) is 2.22. The van der Waals surface area contributed by atoms with Crippen molar-refractivity contribution in [2.75, 3.05) is 6.61 Å². The third kappa shape index (κ3) is 2.65. The van der Waals surface area contributed by atoms with Crippen LogP contribution in [-0.2, 0) is 4.74 Å². The highest BCUT2D eigenvalue weighted by Crippen LogP contribution is 2.23. The molecule has 0 unspecified atom stereocenters. The van der Waals surface area contributed by atoms with Gasteiger partial charge in [0, 0.05) is 16.7 Å². The minimum Gasteiger partial charge on any atom is -0.461 e. The molecule has 1 aromatic carbocycles. The number of benzene rings is 1. The molecular formula is C15H11BrFN3O3. The minimum absolute atomic E-state index is 0.0271. The van der Waals surface area contributed by atoms with Crippen molar-refractivity contribution in [3.8, 4) is 5.69 Å². The molecule has 8 heteroatoms. The molecule has 23 heavy (non-hydrogen) atoms. The number of pyridine rings is 1. The third-order valence-corrected chi connectivity index (χ3v) is 3.68. The Hall–Kier alpha value is -2.48. The SMILES string of the molecule is CCOC(=O)c1c2[nH]ccc(=O)c2nn1-c1ccc(Br)cc1F. The van der Waals surface area contributed by atoms with Gasteiger partial charge in [0.15, 0.2) is 11.2 Å². The Labute approximate surface area is 138 Å². The van der Waals surface area contributed by atoms with Gasteiger partial charge in [-0.3, -0.25) is 4.79 Å². The Balaban J connectivity index is 2.35. The molecule has 118 valence electrons. The summed E-state index contributed by atoms with van der Waals surface area (Å²) in [6.45, 7) is 1.80. The Morgan fingerprint density at radius 2 is 2.22 bits per heavy atom. The molecule has 0 aliphatic rings. The van der Waals surface area contributed by atoms with E-state index in [2.05, 4.69) is 26.0 Å². The number of rotatable bonds is 3. The summed E-state index contributed by atoms with van der Waals surface area (Å²) >= 11 is 3.17. The smallest absolute Gasteiger partial charge is 0.359 e. The maximum Gasteiger partial charge on any atom is 0.359 e. The number of ether oxygens (including phenoxy) is 1. The van der Waals surface area contributed by atoms with E-state index in [1.165, 1.54) is 24.4 Å². The molecule has 0 bridgehead atoms. The number of hydrogen-bond acceptors (Lipinski definition) is 4. The molecule has 0 atom stereocenters. The van der Waals surface area contributed by atoms with Gasteiger partial charge in [-0.15, -0.1) is 0 Å². The van der Waals surface area contributed by atoms with E-state index in [9.17, 15) is 14.0 Å². The third-order valence-electron chi connectivity index (χ3n) is 3.19. The lowest BCUT2D eigenvalue weighted by molar-refractivity contribution is 0.0517. The van der Waals surface area contributed by atoms with Crippen molar-refractivity contribution in [2.24, 2.45) is 0 Å². The van der Waals surface area contributed by atoms with Crippen LogP contribution in [0.5, 0.6) is 0 Å². The number of fused-ring (bicyclic) bond motifs is 1. The van der Waals surface area contributed by atoms with Crippen LogP contribution >= 0.6 is 15.9 Å². The lowest BCUT2D eigenvalue weighted by atomic mass is 10.2. The van der Waals surface area contributed by atoms with E-state index in [4.69, 9.17) is 4.74 Å². The summed E-state index contributed by atoms with van der Waals surface area (Å²) in [7, 11) is 0. The number of carbonyl (C=O) groups is 1. The second kappa shape index (κ2) is 5.96. The first-order valence-corrected chi connectivity index (χ1v) is 7.55. The summed E-state index contributed by atoms with van der Waals surface area (Å²) < 4.78 is 20.9. The van der Waals surface area contributed by atoms with Gasteiger partial charge in [-0.2, -0.15) is 5.10 Å². The van der Waals surface area contributed by atoms with Crippen LogP contribution in [0.2, 0.25) is 0 Å². The number of aromatic amines is 1. The van der Waals surface area contributed by atoms with Crippen LogP contribution in [0.3, 0.4) is 0 Å². The molecule has 2 heterocycles. The molecule has 0 saturated carbocycles. The zero-order valence-corrected chi connectivity index (χ0v) is 13.6. The number of H-pyrrole nitrogens is 1. The van der Waals surface area contributed by atoms with Crippen LogP contribution in [0.1, 0.15) is 17.4 Å². The summed E-state index contributed by atoms with van der Waals surface area (Å²) in [4.78, 5) is 27.0. The Kier molecular flexibility index (Phi) is 3.99. The maximum absolute atomic E-state index is 14.3. The topological polar surface area (TPSA) is 77.0 Å². The summed E-state index contributed by atoms with van der Waals surface area (Å²) in [6, 6.07) is 5.60. The lowest BCUT2D eigenvalue weighted by Gasteiger charge is -2.08. The first kappa shape index (κ1) is 15.4. The van der Waals surface area contributed by atoms with Crippen molar-refractivity contribution < 1.29 is 13.9 Å². The standard InChI is InChI=1S/C15H11BrFN3O3/c1-2-23-15(22)14-13-12(11(21)5-6-18-13)19-20(14)10-4-3-8(16)7-9(10)17/h3-7,18H,2H2,1H3. The average molecular weight is 380 g/mol. The Morgan fingerprint density at radius 3 is 2.91 bits per heavy atom. The molecule has 0 aliphatic carbocycles. The molecule has 1 N–H and O–H groups in total. The van der Waals surface area contributed by atoms with Crippen LogP contribution in [0, 0.1) is 5.82 Å². The lowest BCUT2D eigenvalue weighted by Crippen LogP contribution is -2.13. The summed E-state index contributed by atoms with van der Waals surface area (Å²) in [5, 5.41) is 4.09. The van der Waals surface area contributed by atoms with E-state index in [1.54, 1.807) is 13.0 Å². The van der Waals surface area contributed by atoms with Gasteiger partial charge in [0.25, 0.3) is 0 Å². The van der Waals surface area contributed by atoms with Crippen molar-refractivity contribution >= 4 is 32.9 Å². The number of aromatic nitrogens is 3. The van der Waals surface area contributed by atoms with Crippen LogP contribution in [-0.4, -0.2) is 27.3 Å². The van der Waals surface area contributed by atoms with E-state index >= 15 is 0 Å². The van der Waals surface area contributed by atoms with Gasteiger partial charge in [-0.05, 0) is 25.1 Å². The molecule has 0 aliphatic heterocycles. The monoisotopic (exact) mass is 379 g/mol. The van der Waals surface area contributed by atoms with Gasteiger partial charge in [0.1, 0.15) is 17.0 Å². The van der Waals surface area contributed by atoms with Crippen LogP contribution in [0.15, 0.2) is 39.7 Å². The predicted octanol–water partition coefficient (Wildman–Crippen LogP) is 2.79. The molecule has 3 aromatic rings. The average Bonchev–Trinajstić information content (AvgIpc) is 2.88. The number of hydrogen-bond donors (Lipinski definition) is 1. The molecule has 0 fully saturated rings. The van der Waals surface area contributed by atoms with Gasteiger partial charge in [-0.25, -0.2) is 13.9 Å². The predicted molar refractivity (Wildman–Crippen MR) is 85.3 cm³/mol. The second-order valence-corrected chi connectivity index (χ2v) is 5.56.